The number of hydrogen-bond acceptors (Lipinski definition) is 4. The van der Waals surface area contributed by atoms with E-state index in [4.69, 9.17) is 4.74 Å². The molecule has 5 nitrogen and oxygen atoms in total. The van der Waals surface area contributed by atoms with Crippen LogP contribution in [0.3, 0.4) is 0 Å². The van der Waals surface area contributed by atoms with Gasteiger partial charge in [0, 0.05) is 37.1 Å². The SMILES string of the molecule is C=CCCOCCNCc1cnc2cc(C)nn2c1. The first-order valence-electron chi connectivity index (χ1n) is 6.50. The van der Waals surface area contributed by atoms with Gasteiger partial charge in [0.05, 0.1) is 18.9 Å². The summed E-state index contributed by atoms with van der Waals surface area (Å²) >= 11 is 0. The van der Waals surface area contributed by atoms with Crippen molar-refractivity contribution in [1.82, 2.24) is 19.9 Å². The number of nitrogens with zero attached hydrogens (tertiary/aromatic N) is 3. The van der Waals surface area contributed by atoms with Gasteiger partial charge in [-0.25, -0.2) is 9.50 Å². The van der Waals surface area contributed by atoms with Gasteiger partial charge in [0.1, 0.15) is 0 Å². The molecule has 0 aliphatic rings. The van der Waals surface area contributed by atoms with Gasteiger partial charge >= 0.3 is 0 Å². The second kappa shape index (κ2) is 7.01. The summed E-state index contributed by atoms with van der Waals surface area (Å²) < 4.78 is 7.23. The van der Waals surface area contributed by atoms with Crippen molar-refractivity contribution >= 4 is 5.65 Å². The van der Waals surface area contributed by atoms with Crippen LogP contribution in [0.2, 0.25) is 0 Å². The number of aromatic nitrogens is 3. The van der Waals surface area contributed by atoms with Crippen molar-refractivity contribution in [2.45, 2.75) is 19.9 Å². The second-order valence-corrected chi connectivity index (χ2v) is 4.42. The molecule has 2 heterocycles. The summed E-state index contributed by atoms with van der Waals surface area (Å²) in [6.45, 7) is 8.67. The normalized spacial score (nSPS) is 11.0. The molecule has 2 aromatic rings. The van der Waals surface area contributed by atoms with Gasteiger partial charge in [-0.2, -0.15) is 5.10 Å². The Hall–Kier alpha value is -1.72. The first kappa shape index (κ1) is 13.7. The second-order valence-electron chi connectivity index (χ2n) is 4.42. The molecule has 5 heteroatoms. The standard InChI is InChI=1S/C14H20N4O/c1-3-4-6-19-7-5-15-9-13-10-16-14-8-12(2)17-18(14)11-13/h3,8,10-11,15H,1,4-7,9H2,2H3. The average Bonchev–Trinajstić information content (AvgIpc) is 2.77. The van der Waals surface area contributed by atoms with E-state index in [1.807, 2.05) is 36.0 Å². The van der Waals surface area contributed by atoms with Crippen molar-refractivity contribution in [2.24, 2.45) is 0 Å². The van der Waals surface area contributed by atoms with E-state index >= 15 is 0 Å². The molecule has 0 aliphatic carbocycles. The number of rotatable bonds is 8. The molecule has 2 aromatic heterocycles. The Kier molecular flexibility index (Phi) is 5.06. The van der Waals surface area contributed by atoms with Crippen molar-refractivity contribution in [1.29, 1.82) is 0 Å². The highest BCUT2D eigenvalue weighted by molar-refractivity contribution is 5.38. The summed E-state index contributed by atoms with van der Waals surface area (Å²) in [5, 5.41) is 7.66. The third-order valence-electron chi connectivity index (χ3n) is 2.71. The van der Waals surface area contributed by atoms with Crippen LogP contribution >= 0.6 is 0 Å². The summed E-state index contributed by atoms with van der Waals surface area (Å²) in [7, 11) is 0. The van der Waals surface area contributed by atoms with Crippen LogP contribution in [0.25, 0.3) is 5.65 Å². The summed E-state index contributed by atoms with van der Waals surface area (Å²) in [5.41, 5.74) is 2.98. The molecule has 0 radical (unpaired) electrons. The molecule has 0 atom stereocenters. The van der Waals surface area contributed by atoms with Gasteiger partial charge in [-0.1, -0.05) is 6.08 Å². The molecular formula is C14H20N4O. The molecule has 0 saturated carbocycles. The number of hydrogen-bond donors (Lipinski definition) is 1. The predicted molar refractivity (Wildman–Crippen MR) is 75.1 cm³/mol. The zero-order valence-electron chi connectivity index (χ0n) is 11.3. The fourth-order valence-electron chi connectivity index (χ4n) is 1.77. The van der Waals surface area contributed by atoms with Crippen molar-refractivity contribution in [2.75, 3.05) is 19.8 Å². The monoisotopic (exact) mass is 260 g/mol. The van der Waals surface area contributed by atoms with E-state index in [1.54, 1.807) is 0 Å². The molecule has 102 valence electrons. The van der Waals surface area contributed by atoms with Crippen LogP contribution in [0.1, 0.15) is 17.7 Å². The lowest BCUT2D eigenvalue weighted by atomic mass is 10.3. The first-order chi connectivity index (χ1) is 9.29. The number of nitrogens with one attached hydrogen (secondary N) is 1. The van der Waals surface area contributed by atoms with E-state index in [1.165, 1.54) is 0 Å². The van der Waals surface area contributed by atoms with E-state index in [2.05, 4.69) is 22.0 Å². The van der Waals surface area contributed by atoms with Crippen molar-refractivity contribution in [3.05, 3.63) is 42.4 Å². The molecule has 0 amide bonds. The minimum absolute atomic E-state index is 0.713. The minimum atomic E-state index is 0.713. The number of fused-ring (bicyclic) bond motifs is 1. The number of aryl methyl sites for hydroxylation is 1. The van der Waals surface area contributed by atoms with Crippen molar-refractivity contribution in [3.63, 3.8) is 0 Å². The van der Waals surface area contributed by atoms with Gasteiger partial charge in [0.25, 0.3) is 0 Å². The Balaban J connectivity index is 1.73. The molecule has 1 N–H and O–H groups in total. The third kappa shape index (κ3) is 4.15. The Bertz CT molecular complexity index is 535. The van der Waals surface area contributed by atoms with Crippen molar-refractivity contribution < 1.29 is 4.74 Å². The Morgan fingerprint density at radius 2 is 2.37 bits per heavy atom. The molecule has 2 rings (SSSR count). The maximum Gasteiger partial charge on any atom is 0.155 e. The molecular weight excluding hydrogens is 240 g/mol. The predicted octanol–water partition coefficient (Wildman–Crippen LogP) is 1.72. The summed E-state index contributed by atoms with van der Waals surface area (Å²) in [5.74, 6) is 0. The van der Waals surface area contributed by atoms with E-state index in [-0.39, 0.29) is 0 Å². The molecule has 0 aromatic carbocycles. The van der Waals surface area contributed by atoms with Crippen LogP contribution in [0.5, 0.6) is 0 Å². The van der Waals surface area contributed by atoms with Gasteiger partial charge in [0.15, 0.2) is 5.65 Å². The van der Waals surface area contributed by atoms with Crippen LogP contribution in [-0.4, -0.2) is 34.4 Å². The quantitative estimate of drug-likeness (QED) is 0.580. The lowest BCUT2D eigenvalue weighted by Gasteiger charge is -2.05. The van der Waals surface area contributed by atoms with E-state index in [9.17, 15) is 0 Å². The van der Waals surface area contributed by atoms with Gasteiger partial charge in [-0.3, -0.25) is 0 Å². The third-order valence-corrected chi connectivity index (χ3v) is 2.71. The zero-order chi connectivity index (χ0) is 13.5. The van der Waals surface area contributed by atoms with Crippen LogP contribution in [-0.2, 0) is 11.3 Å². The molecule has 0 bridgehead atoms. The highest BCUT2D eigenvalue weighted by atomic mass is 16.5. The molecule has 0 saturated heterocycles. The largest absolute Gasteiger partial charge is 0.380 e. The Morgan fingerprint density at radius 3 is 3.21 bits per heavy atom. The van der Waals surface area contributed by atoms with Gasteiger partial charge in [-0.05, 0) is 13.3 Å². The first-order valence-corrected chi connectivity index (χ1v) is 6.50. The fraction of sp³-hybridized carbons (Fsp3) is 0.429. The number of ether oxygens (including phenoxy) is 1. The van der Waals surface area contributed by atoms with Gasteiger partial charge in [-0.15, -0.1) is 6.58 Å². The fourth-order valence-corrected chi connectivity index (χ4v) is 1.77. The Labute approximate surface area is 113 Å². The van der Waals surface area contributed by atoms with Crippen LogP contribution in [0.15, 0.2) is 31.1 Å². The smallest absolute Gasteiger partial charge is 0.155 e. The maximum atomic E-state index is 5.42. The van der Waals surface area contributed by atoms with Crippen LogP contribution in [0, 0.1) is 6.92 Å². The molecule has 0 spiro atoms. The zero-order valence-corrected chi connectivity index (χ0v) is 11.3. The Morgan fingerprint density at radius 1 is 1.47 bits per heavy atom. The highest BCUT2D eigenvalue weighted by Gasteiger charge is 2.00. The van der Waals surface area contributed by atoms with E-state index in [0.717, 1.165) is 43.0 Å². The summed E-state index contributed by atoms with van der Waals surface area (Å²) in [6, 6.07) is 1.96. The molecule has 0 unspecified atom stereocenters. The topological polar surface area (TPSA) is 51.5 Å². The summed E-state index contributed by atoms with van der Waals surface area (Å²) in [4.78, 5) is 4.36. The van der Waals surface area contributed by atoms with Gasteiger partial charge < -0.3 is 10.1 Å². The van der Waals surface area contributed by atoms with E-state index in [0.29, 0.717) is 6.61 Å². The lowest BCUT2D eigenvalue weighted by molar-refractivity contribution is 0.140. The van der Waals surface area contributed by atoms with Crippen molar-refractivity contribution in [3.8, 4) is 0 Å². The molecule has 0 aliphatic heterocycles. The summed E-state index contributed by atoms with van der Waals surface area (Å²) in [6.07, 6.45) is 6.64. The minimum Gasteiger partial charge on any atom is -0.380 e. The maximum absolute atomic E-state index is 5.42. The van der Waals surface area contributed by atoms with E-state index < -0.39 is 0 Å². The molecule has 19 heavy (non-hydrogen) atoms. The van der Waals surface area contributed by atoms with Gasteiger partial charge in [0.2, 0.25) is 0 Å². The van der Waals surface area contributed by atoms with Crippen LogP contribution < -0.4 is 5.32 Å². The van der Waals surface area contributed by atoms with Crippen LogP contribution in [0.4, 0.5) is 0 Å². The molecule has 0 fully saturated rings. The average molecular weight is 260 g/mol. The highest BCUT2D eigenvalue weighted by Crippen LogP contribution is 2.04. The lowest BCUT2D eigenvalue weighted by Crippen LogP contribution is -2.19.